The van der Waals surface area contributed by atoms with E-state index >= 15 is 0 Å². The molecule has 1 rings (SSSR count). The van der Waals surface area contributed by atoms with Crippen LogP contribution in [0, 0.1) is 6.07 Å². The minimum atomic E-state index is -0.333. The monoisotopic (exact) mass is 136 g/mol. The van der Waals surface area contributed by atoms with Crippen molar-refractivity contribution in [2.75, 3.05) is 0 Å². The Bertz CT molecular complexity index is 141. The van der Waals surface area contributed by atoms with Crippen LogP contribution in [0.1, 0.15) is 6.92 Å². The number of nitrogens with two attached hydrogens (primary N) is 1. The normalized spacial score (nSPS) is 7.30. The first-order chi connectivity index (χ1) is 4.73. The van der Waals surface area contributed by atoms with E-state index in [2.05, 4.69) is 11.8 Å². The highest BCUT2D eigenvalue weighted by Gasteiger charge is 1.61. The van der Waals surface area contributed by atoms with Crippen LogP contribution in [0.3, 0.4) is 0 Å². The second-order valence-corrected chi connectivity index (χ2v) is 1.69. The lowest BCUT2D eigenvalue weighted by Gasteiger charge is -1.68. The van der Waals surface area contributed by atoms with Gasteiger partial charge in [-0.1, -0.05) is 30.3 Å². The number of carbonyl (C=O) groups excluding carboxylic acids is 1. The molecule has 0 aliphatic heterocycles. The van der Waals surface area contributed by atoms with Crippen LogP contribution in [-0.4, -0.2) is 5.91 Å². The number of primary amides is 1. The maximum Gasteiger partial charge on any atom is 0.214 e. The summed E-state index contributed by atoms with van der Waals surface area (Å²) in [6, 6.07) is 12.5. The Labute approximate surface area is 60.7 Å². The summed E-state index contributed by atoms with van der Waals surface area (Å²) < 4.78 is 0. The minimum Gasteiger partial charge on any atom is -0.370 e. The van der Waals surface area contributed by atoms with Crippen LogP contribution in [0.5, 0.6) is 0 Å². The van der Waals surface area contributed by atoms with E-state index in [-0.39, 0.29) is 5.91 Å². The lowest BCUT2D eigenvalue weighted by molar-refractivity contribution is -0.115. The minimum absolute atomic E-state index is 0.333. The molecule has 0 aliphatic carbocycles. The van der Waals surface area contributed by atoms with Crippen LogP contribution < -0.4 is 5.73 Å². The molecule has 0 heterocycles. The smallest absolute Gasteiger partial charge is 0.214 e. The van der Waals surface area contributed by atoms with Crippen LogP contribution in [0.2, 0.25) is 0 Å². The highest BCUT2D eigenvalue weighted by atomic mass is 16.1. The SMILES string of the molecule is CC(N)=O.[c]1ccccc1. The number of amides is 1. The maximum atomic E-state index is 9.22. The summed E-state index contributed by atoms with van der Waals surface area (Å²) in [7, 11) is 0. The van der Waals surface area contributed by atoms with Gasteiger partial charge in [0.25, 0.3) is 0 Å². The molecule has 2 heteroatoms. The number of carbonyl (C=O) groups is 1. The molecule has 2 nitrogen and oxygen atoms in total. The summed E-state index contributed by atoms with van der Waals surface area (Å²) in [6.07, 6.45) is 0. The van der Waals surface area contributed by atoms with E-state index < -0.39 is 0 Å². The molecule has 1 radical (unpaired) electrons. The fraction of sp³-hybridized carbons (Fsp3) is 0.125. The summed E-state index contributed by atoms with van der Waals surface area (Å²) in [4.78, 5) is 9.22. The standard InChI is InChI=1S/C6H5.C2H5NO/c1-2-4-6-5-3-1;1-2(3)4/h1-5H;1H3,(H2,3,4). The van der Waals surface area contributed by atoms with Gasteiger partial charge in [-0.2, -0.15) is 0 Å². The van der Waals surface area contributed by atoms with Crippen molar-refractivity contribution in [3.63, 3.8) is 0 Å². The molecule has 10 heavy (non-hydrogen) atoms. The van der Waals surface area contributed by atoms with Crippen LogP contribution in [0.4, 0.5) is 0 Å². The molecule has 53 valence electrons. The zero-order valence-corrected chi connectivity index (χ0v) is 5.87. The van der Waals surface area contributed by atoms with Gasteiger partial charge in [0.1, 0.15) is 0 Å². The van der Waals surface area contributed by atoms with Gasteiger partial charge in [0.15, 0.2) is 0 Å². The molecular formula is C8H10NO. The largest absolute Gasteiger partial charge is 0.370 e. The van der Waals surface area contributed by atoms with Gasteiger partial charge in [-0.25, -0.2) is 0 Å². The second-order valence-electron chi connectivity index (χ2n) is 1.69. The molecule has 0 aromatic heterocycles. The molecule has 0 fully saturated rings. The average molecular weight is 136 g/mol. The summed E-state index contributed by atoms with van der Waals surface area (Å²) in [5, 5.41) is 0. The maximum absolute atomic E-state index is 9.22. The average Bonchev–Trinajstić information content (AvgIpc) is 1.90. The third kappa shape index (κ3) is 9.85. The zero-order chi connectivity index (χ0) is 7.82. The summed E-state index contributed by atoms with van der Waals surface area (Å²) in [5.41, 5.74) is 4.47. The Morgan fingerprint density at radius 3 is 1.80 bits per heavy atom. The molecule has 0 bridgehead atoms. The first kappa shape index (κ1) is 8.69. The molecular weight excluding hydrogens is 126 g/mol. The first-order valence-electron chi connectivity index (χ1n) is 2.90. The second kappa shape index (κ2) is 5.82. The Morgan fingerprint density at radius 2 is 1.70 bits per heavy atom. The van der Waals surface area contributed by atoms with Gasteiger partial charge in [0, 0.05) is 6.92 Å². The predicted molar refractivity (Wildman–Crippen MR) is 40.1 cm³/mol. The lowest BCUT2D eigenvalue weighted by Crippen LogP contribution is -2.01. The van der Waals surface area contributed by atoms with Gasteiger partial charge in [-0.15, -0.1) is 0 Å². The zero-order valence-electron chi connectivity index (χ0n) is 5.87. The van der Waals surface area contributed by atoms with Crippen LogP contribution in [-0.2, 0) is 4.79 Å². The van der Waals surface area contributed by atoms with E-state index in [0.717, 1.165) is 0 Å². The van der Waals surface area contributed by atoms with E-state index in [9.17, 15) is 4.79 Å². The lowest BCUT2D eigenvalue weighted by atomic mass is 10.4. The molecule has 2 N–H and O–H groups in total. The Hall–Kier alpha value is -1.31. The number of benzene rings is 1. The van der Waals surface area contributed by atoms with E-state index in [4.69, 9.17) is 0 Å². The third-order valence-corrected chi connectivity index (χ3v) is 0.607. The van der Waals surface area contributed by atoms with Crippen molar-refractivity contribution in [2.45, 2.75) is 6.92 Å². The predicted octanol–water partition coefficient (Wildman–Crippen LogP) is 0.978. The summed E-state index contributed by atoms with van der Waals surface area (Å²) in [6.45, 7) is 1.31. The summed E-state index contributed by atoms with van der Waals surface area (Å²) in [5.74, 6) is -0.333. The van der Waals surface area contributed by atoms with Crippen molar-refractivity contribution < 1.29 is 4.79 Å². The van der Waals surface area contributed by atoms with Gasteiger partial charge in [-0.3, -0.25) is 4.79 Å². The molecule has 1 aromatic rings. The van der Waals surface area contributed by atoms with E-state index in [1.165, 1.54) is 6.92 Å². The Balaban J connectivity index is 0.000000180. The van der Waals surface area contributed by atoms with Gasteiger partial charge in [0.05, 0.1) is 0 Å². The Kier molecular flexibility index (Phi) is 5.06. The highest BCUT2D eigenvalue weighted by molar-refractivity contribution is 5.70. The number of hydrogen-bond donors (Lipinski definition) is 1. The number of rotatable bonds is 0. The Morgan fingerprint density at radius 1 is 1.30 bits per heavy atom. The van der Waals surface area contributed by atoms with E-state index in [1.54, 1.807) is 0 Å². The molecule has 0 saturated carbocycles. The van der Waals surface area contributed by atoms with Crippen molar-refractivity contribution in [2.24, 2.45) is 5.73 Å². The molecule has 1 amide bonds. The molecule has 0 unspecified atom stereocenters. The summed E-state index contributed by atoms with van der Waals surface area (Å²) >= 11 is 0. The van der Waals surface area contributed by atoms with Crippen LogP contribution in [0.25, 0.3) is 0 Å². The van der Waals surface area contributed by atoms with Gasteiger partial charge in [0.2, 0.25) is 5.91 Å². The quantitative estimate of drug-likeness (QED) is 0.567. The first-order valence-corrected chi connectivity index (χ1v) is 2.90. The topological polar surface area (TPSA) is 43.1 Å². The molecule has 1 aromatic carbocycles. The molecule has 0 spiro atoms. The van der Waals surface area contributed by atoms with Gasteiger partial charge >= 0.3 is 0 Å². The van der Waals surface area contributed by atoms with Crippen molar-refractivity contribution in [3.05, 3.63) is 36.4 Å². The van der Waals surface area contributed by atoms with Crippen LogP contribution >= 0.6 is 0 Å². The molecule has 0 aliphatic rings. The van der Waals surface area contributed by atoms with E-state index in [1.807, 2.05) is 30.3 Å². The number of hydrogen-bond acceptors (Lipinski definition) is 1. The van der Waals surface area contributed by atoms with Crippen molar-refractivity contribution in [1.82, 2.24) is 0 Å². The van der Waals surface area contributed by atoms with Crippen molar-refractivity contribution in [1.29, 1.82) is 0 Å². The fourth-order valence-electron chi connectivity index (χ4n) is 0.342. The third-order valence-electron chi connectivity index (χ3n) is 0.607. The van der Waals surface area contributed by atoms with Gasteiger partial charge in [-0.05, 0) is 6.07 Å². The van der Waals surface area contributed by atoms with E-state index in [0.29, 0.717) is 0 Å². The molecule has 0 saturated heterocycles. The molecule has 0 atom stereocenters. The highest BCUT2D eigenvalue weighted by Crippen LogP contribution is 1.78. The van der Waals surface area contributed by atoms with Crippen LogP contribution in [0.15, 0.2) is 30.3 Å². The fourth-order valence-corrected chi connectivity index (χ4v) is 0.342. The van der Waals surface area contributed by atoms with Crippen molar-refractivity contribution in [3.8, 4) is 0 Å². The van der Waals surface area contributed by atoms with Crippen molar-refractivity contribution >= 4 is 5.91 Å². The van der Waals surface area contributed by atoms with Gasteiger partial charge < -0.3 is 5.73 Å².